The van der Waals surface area contributed by atoms with Gasteiger partial charge in [-0.25, -0.2) is 0 Å². The second kappa shape index (κ2) is 15.8. The second-order valence-electron chi connectivity index (χ2n) is 7.21. The largest absolute Gasteiger partial charge is 1.00 e. The fourth-order valence-electron chi connectivity index (χ4n) is 3.29. The molecule has 0 fully saturated rings. The molecule has 0 aliphatic rings. The third kappa shape index (κ3) is 12.2. The smallest absolute Gasteiger partial charge is 0.871 e. The first-order valence-corrected chi connectivity index (χ1v) is 11.7. The van der Waals surface area contributed by atoms with Crippen LogP contribution in [-0.4, -0.2) is 13.0 Å². The van der Waals surface area contributed by atoms with E-state index in [1.165, 1.54) is 70.3 Å². The van der Waals surface area contributed by atoms with E-state index in [0.29, 0.717) is 12.0 Å². The van der Waals surface area contributed by atoms with E-state index in [1.54, 1.807) is 6.07 Å². The molecule has 150 valence electrons. The Labute approximate surface area is 188 Å². The standard InChI is InChI=1S/C21H36O4S.Na/c1-2-3-4-5-6-7-8-9-10-11-12-13-14-16-19-17-15-18-20(21(19)22)26(23,24)25;/h15,17-18,22H,2-14,16H2,1H3,(H,23,24,25);/q;+1/p-1. The maximum Gasteiger partial charge on any atom is 1.00 e. The van der Waals surface area contributed by atoms with Gasteiger partial charge in [0.05, 0.1) is 4.90 Å². The molecule has 0 aromatic heterocycles. The van der Waals surface area contributed by atoms with Crippen LogP contribution in [0.3, 0.4) is 0 Å². The normalized spacial score (nSPS) is 11.3. The Hall–Kier alpha value is -0.0700. The molecule has 27 heavy (non-hydrogen) atoms. The summed E-state index contributed by atoms with van der Waals surface area (Å²) in [5.74, 6) is -0.561. The fourth-order valence-corrected chi connectivity index (χ4v) is 3.91. The van der Waals surface area contributed by atoms with Crippen molar-refractivity contribution < 1.29 is 47.6 Å². The fraction of sp³-hybridized carbons (Fsp3) is 0.714. The summed E-state index contributed by atoms with van der Waals surface area (Å²) < 4.78 is 31.4. The summed E-state index contributed by atoms with van der Waals surface area (Å²) in [4.78, 5) is -0.510. The Morgan fingerprint density at radius 1 is 0.815 bits per heavy atom. The van der Waals surface area contributed by atoms with Gasteiger partial charge in [0.15, 0.2) is 0 Å². The van der Waals surface area contributed by atoms with Gasteiger partial charge in [0, 0.05) is 0 Å². The van der Waals surface area contributed by atoms with Crippen LogP contribution in [0.2, 0.25) is 0 Å². The number of rotatable bonds is 15. The molecule has 1 N–H and O–H groups in total. The molecule has 1 aromatic carbocycles. The summed E-state index contributed by atoms with van der Waals surface area (Å²) in [6.45, 7) is 2.25. The Balaban J connectivity index is 0.00000676. The molecule has 0 atom stereocenters. The first-order valence-electron chi connectivity index (χ1n) is 10.2. The van der Waals surface area contributed by atoms with E-state index in [-0.39, 0.29) is 29.6 Å². The minimum Gasteiger partial charge on any atom is -0.871 e. The number of hydrogen-bond acceptors (Lipinski definition) is 3. The van der Waals surface area contributed by atoms with Crippen molar-refractivity contribution in [2.75, 3.05) is 0 Å². The predicted octanol–water partition coefficient (Wildman–Crippen LogP) is 2.64. The molecule has 0 radical (unpaired) electrons. The molecule has 0 saturated carbocycles. The summed E-state index contributed by atoms with van der Waals surface area (Å²) in [6.07, 6.45) is 17.0. The number of aryl methyl sites for hydroxylation is 1. The van der Waals surface area contributed by atoms with Crippen molar-refractivity contribution in [2.24, 2.45) is 0 Å². The maximum absolute atomic E-state index is 12.0. The summed E-state index contributed by atoms with van der Waals surface area (Å²) >= 11 is 0. The van der Waals surface area contributed by atoms with Crippen LogP contribution < -0.4 is 34.7 Å². The Morgan fingerprint density at radius 2 is 1.26 bits per heavy atom. The van der Waals surface area contributed by atoms with Crippen LogP contribution in [0.25, 0.3) is 0 Å². The average Bonchev–Trinajstić information content (AvgIpc) is 2.59. The number of benzene rings is 1. The summed E-state index contributed by atoms with van der Waals surface area (Å²) in [5.41, 5.74) is 0.475. The van der Waals surface area contributed by atoms with Gasteiger partial charge in [-0.2, -0.15) is 8.42 Å². The van der Waals surface area contributed by atoms with Gasteiger partial charge in [-0.1, -0.05) is 107 Å². The van der Waals surface area contributed by atoms with Gasteiger partial charge in [0.25, 0.3) is 10.1 Å². The molecule has 0 amide bonds. The molecule has 4 nitrogen and oxygen atoms in total. The summed E-state index contributed by atoms with van der Waals surface area (Å²) in [7, 11) is -4.43. The van der Waals surface area contributed by atoms with Crippen molar-refractivity contribution in [1.29, 1.82) is 0 Å². The van der Waals surface area contributed by atoms with Gasteiger partial charge in [0.1, 0.15) is 0 Å². The van der Waals surface area contributed by atoms with Crippen LogP contribution >= 0.6 is 0 Å². The van der Waals surface area contributed by atoms with Crippen LogP contribution in [0.15, 0.2) is 23.1 Å². The van der Waals surface area contributed by atoms with E-state index in [0.717, 1.165) is 25.3 Å². The van der Waals surface area contributed by atoms with Gasteiger partial charge in [0.2, 0.25) is 0 Å². The molecule has 0 unspecified atom stereocenters. The SMILES string of the molecule is CCCCCCCCCCCCCCCc1cccc(S(=O)(=O)O)c1[O-].[Na+]. The third-order valence-corrected chi connectivity index (χ3v) is 5.77. The third-order valence-electron chi connectivity index (χ3n) is 4.89. The van der Waals surface area contributed by atoms with E-state index in [4.69, 9.17) is 4.55 Å². The van der Waals surface area contributed by atoms with E-state index >= 15 is 0 Å². The van der Waals surface area contributed by atoms with Crippen LogP contribution in [0.5, 0.6) is 5.75 Å². The molecule has 0 spiro atoms. The molecule has 0 aliphatic heterocycles. The first-order chi connectivity index (χ1) is 12.5. The zero-order chi connectivity index (χ0) is 19.3. The van der Waals surface area contributed by atoms with E-state index < -0.39 is 20.8 Å². The van der Waals surface area contributed by atoms with Crippen molar-refractivity contribution in [3.8, 4) is 5.75 Å². The second-order valence-corrected chi connectivity index (χ2v) is 8.60. The van der Waals surface area contributed by atoms with Crippen LogP contribution in [0.1, 0.15) is 96.0 Å². The van der Waals surface area contributed by atoms with Gasteiger partial charge in [-0.05, 0) is 18.9 Å². The van der Waals surface area contributed by atoms with Gasteiger partial charge in [-0.15, -0.1) is 0 Å². The van der Waals surface area contributed by atoms with Crippen LogP contribution in [0, 0.1) is 0 Å². The molecule has 1 rings (SSSR count). The zero-order valence-electron chi connectivity index (χ0n) is 17.2. The number of unbranched alkanes of at least 4 members (excludes halogenated alkanes) is 12. The molecule has 0 saturated heterocycles. The van der Waals surface area contributed by atoms with E-state index in [9.17, 15) is 13.5 Å². The first kappa shape index (κ1) is 26.9. The number of hydrogen-bond donors (Lipinski definition) is 1. The molecule has 0 bridgehead atoms. The topological polar surface area (TPSA) is 77.4 Å². The zero-order valence-corrected chi connectivity index (χ0v) is 20.0. The van der Waals surface area contributed by atoms with Crippen molar-refractivity contribution >= 4 is 10.1 Å². The van der Waals surface area contributed by atoms with Gasteiger partial charge < -0.3 is 5.11 Å². The number of para-hydroxylation sites is 1. The van der Waals surface area contributed by atoms with Crippen molar-refractivity contribution in [3.05, 3.63) is 23.8 Å². The van der Waals surface area contributed by atoms with Crippen molar-refractivity contribution in [3.63, 3.8) is 0 Å². The molecular weight excluding hydrogens is 371 g/mol. The molecule has 1 aromatic rings. The van der Waals surface area contributed by atoms with Gasteiger partial charge in [-0.3, -0.25) is 4.55 Å². The molecule has 0 heterocycles. The van der Waals surface area contributed by atoms with Crippen molar-refractivity contribution in [1.82, 2.24) is 0 Å². The van der Waals surface area contributed by atoms with Crippen LogP contribution in [0.4, 0.5) is 0 Å². The summed E-state index contributed by atoms with van der Waals surface area (Å²) in [6, 6.07) is 4.32. The van der Waals surface area contributed by atoms with Crippen LogP contribution in [-0.2, 0) is 16.5 Å². The van der Waals surface area contributed by atoms with Gasteiger partial charge >= 0.3 is 29.6 Å². The predicted molar refractivity (Wildman–Crippen MR) is 105 cm³/mol. The minimum atomic E-state index is -4.43. The Bertz CT molecular complexity index is 602. The quantitative estimate of drug-likeness (QED) is 0.276. The Kier molecular flexibility index (Phi) is 15.8. The molecule has 6 heteroatoms. The Morgan fingerprint density at radius 3 is 1.70 bits per heavy atom. The van der Waals surface area contributed by atoms with E-state index in [2.05, 4.69) is 6.92 Å². The minimum absolute atomic E-state index is 0. The van der Waals surface area contributed by atoms with E-state index in [1.807, 2.05) is 0 Å². The molecule has 0 aliphatic carbocycles. The molecular formula is C21H35NaO4S. The maximum atomic E-state index is 12.0. The monoisotopic (exact) mass is 406 g/mol. The average molecular weight is 407 g/mol. The summed E-state index contributed by atoms with van der Waals surface area (Å²) in [5, 5.41) is 12.0. The van der Waals surface area contributed by atoms with Crippen molar-refractivity contribution in [2.45, 2.75) is 102 Å².